The molecule has 0 aliphatic rings. The van der Waals surface area contributed by atoms with Gasteiger partial charge in [-0.15, -0.1) is 0 Å². The maximum Gasteiger partial charge on any atom is 0.303 e. The van der Waals surface area contributed by atoms with Crippen molar-refractivity contribution < 1.29 is 19.4 Å². The largest absolute Gasteiger partial charge is 0.481 e. The number of carboxylic acid groups (broad SMARTS) is 1. The number of pyridine rings is 1. The molecule has 0 atom stereocenters. The van der Waals surface area contributed by atoms with Crippen LogP contribution in [0.15, 0.2) is 72.9 Å². The Morgan fingerprint density at radius 3 is 2.44 bits per heavy atom. The number of carboxylic acids is 1. The van der Waals surface area contributed by atoms with Gasteiger partial charge in [-0.25, -0.2) is 4.98 Å². The van der Waals surface area contributed by atoms with Crippen LogP contribution in [0.2, 0.25) is 0 Å². The average molecular weight is 362 g/mol. The van der Waals surface area contributed by atoms with E-state index in [0.717, 1.165) is 5.56 Å². The van der Waals surface area contributed by atoms with Gasteiger partial charge in [-0.1, -0.05) is 30.3 Å². The molecule has 6 heteroatoms. The highest BCUT2D eigenvalue weighted by Gasteiger charge is 2.09. The first kappa shape index (κ1) is 18.1. The molecule has 6 nitrogen and oxygen atoms in total. The molecule has 2 aromatic carbocycles. The Morgan fingerprint density at radius 1 is 1.00 bits per heavy atom. The molecule has 0 radical (unpaired) electrons. The van der Waals surface area contributed by atoms with Gasteiger partial charge in [-0.2, -0.15) is 0 Å². The van der Waals surface area contributed by atoms with Crippen molar-refractivity contribution in [3.05, 3.63) is 84.1 Å². The smallest absolute Gasteiger partial charge is 0.303 e. The van der Waals surface area contributed by atoms with E-state index in [9.17, 15) is 9.59 Å². The number of hydrogen-bond acceptors (Lipinski definition) is 4. The van der Waals surface area contributed by atoms with Crippen molar-refractivity contribution in [2.24, 2.45) is 0 Å². The third-order valence-electron chi connectivity index (χ3n) is 3.80. The highest BCUT2D eigenvalue weighted by molar-refractivity contribution is 6.04. The summed E-state index contributed by atoms with van der Waals surface area (Å²) < 4.78 is 5.64. The normalized spacial score (nSPS) is 10.2. The van der Waals surface area contributed by atoms with Crippen molar-refractivity contribution in [3.63, 3.8) is 0 Å². The monoisotopic (exact) mass is 362 g/mol. The second-order valence-corrected chi connectivity index (χ2v) is 5.84. The van der Waals surface area contributed by atoms with Crippen LogP contribution in [0.5, 0.6) is 11.6 Å². The first-order valence-electron chi connectivity index (χ1n) is 8.41. The van der Waals surface area contributed by atoms with Crippen LogP contribution in [0.1, 0.15) is 22.3 Å². The predicted molar refractivity (Wildman–Crippen MR) is 101 cm³/mol. The van der Waals surface area contributed by atoms with Crippen LogP contribution in [0, 0.1) is 0 Å². The zero-order valence-electron chi connectivity index (χ0n) is 14.5. The van der Waals surface area contributed by atoms with E-state index in [2.05, 4.69) is 10.3 Å². The lowest BCUT2D eigenvalue weighted by Crippen LogP contribution is -2.12. The lowest BCUT2D eigenvalue weighted by molar-refractivity contribution is -0.136. The van der Waals surface area contributed by atoms with E-state index < -0.39 is 5.97 Å². The fourth-order valence-electron chi connectivity index (χ4n) is 2.43. The zero-order chi connectivity index (χ0) is 19.1. The van der Waals surface area contributed by atoms with Crippen molar-refractivity contribution >= 4 is 17.6 Å². The summed E-state index contributed by atoms with van der Waals surface area (Å²) in [5.41, 5.74) is 1.95. The number of aliphatic carboxylic acids is 1. The number of nitrogens with zero attached hydrogens (tertiary/aromatic N) is 1. The van der Waals surface area contributed by atoms with Crippen LogP contribution in [-0.4, -0.2) is 22.0 Å². The summed E-state index contributed by atoms with van der Waals surface area (Å²) in [7, 11) is 0. The van der Waals surface area contributed by atoms with Gasteiger partial charge >= 0.3 is 5.97 Å². The molecule has 0 unspecified atom stereocenters. The lowest BCUT2D eigenvalue weighted by Gasteiger charge is -2.08. The van der Waals surface area contributed by atoms with Crippen LogP contribution in [0.3, 0.4) is 0 Å². The molecule has 0 bridgehead atoms. The number of aromatic nitrogens is 1. The van der Waals surface area contributed by atoms with Gasteiger partial charge in [-0.3, -0.25) is 9.59 Å². The summed E-state index contributed by atoms with van der Waals surface area (Å²) in [5.74, 6) is -0.149. The Morgan fingerprint density at radius 2 is 1.74 bits per heavy atom. The fourth-order valence-corrected chi connectivity index (χ4v) is 2.43. The van der Waals surface area contributed by atoms with Gasteiger partial charge in [0, 0.05) is 29.9 Å². The fraction of sp³-hybridized carbons (Fsp3) is 0.0952. The molecule has 136 valence electrons. The second-order valence-electron chi connectivity index (χ2n) is 5.84. The number of nitrogens with one attached hydrogen (secondary N) is 1. The highest BCUT2D eigenvalue weighted by Crippen LogP contribution is 2.20. The minimum atomic E-state index is -0.835. The van der Waals surface area contributed by atoms with Crippen molar-refractivity contribution in [1.29, 1.82) is 0 Å². The zero-order valence-corrected chi connectivity index (χ0v) is 14.5. The lowest BCUT2D eigenvalue weighted by atomic mass is 10.1. The van der Waals surface area contributed by atoms with E-state index in [-0.39, 0.29) is 12.3 Å². The summed E-state index contributed by atoms with van der Waals surface area (Å²) in [6.07, 6.45) is 2.04. The minimum Gasteiger partial charge on any atom is -0.481 e. The van der Waals surface area contributed by atoms with E-state index in [1.54, 1.807) is 48.5 Å². The first-order chi connectivity index (χ1) is 13.1. The number of aryl methyl sites for hydroxylation is 1. The van der Waals surface area contributed by atoms with Crippen LogP contribution in [0.4, 0.5) is 5.69 Å². The molecule has 2 N–H and O–H groups in total. The molecule has 0 aliphatic carbocycles. The van der Waals surface area contributed by atoms with Crippen molar-refractivity contribution in [2.45, 2.75) is 12.8 Å². The number of ether oxygens (including phenoxy) is 1. The van der Waals surface area contributed by atoms with Crippen LogP contribution in [-0.2, 0) is 11.2 Å². The topological polar surface area (TPSA) is 88.5 Å². The number of rotatable bonds is 7. The predicted octanol–water partition coefficient (Wildman–Crippen LogP) is 4.14. The third kappa shape index (κ3) is 5.40. The number of benzene rings is 2. The summed E-state index contributed by atoms with van der Waals surface area (Å²) in [4.78, 5) is 27.2. The van der Waals surface area contributed by atoms with Gasteiger partial charge < -0.3 is 15.2 Å². The van der Waals surface area contributed by atoms with E-state index in [1.165, 1.54) is 6.20 Å². The number of hydrogen-bond donors (Lipinski definition) is 2. The maximum absolute atomic E-state index is 12.4. The molecule has 3 aromatic rings. The molecule has 0 aliphatic heterocycles. The molecular formula is C21H18N2O4. The number of carbonyl (C=O) groups is 2. The second kappa shape index (κ2) is 8.62. The van der Waals surface area contributed by atoms with Crippen LogP contribution in [0.25, 0.3) is 0 Å². The minimum absolute atomic E-state index is 0.0763. The molecule has 0 spiro atoms. The summed E-state index contributed by atoms with van der Waals surface area (Å²) in [5, 5.41) is 11.5. The van der Waals surface area contributed by atoms with Gasteiger partial charge in [0.15, 0.2) is 0 Å². The maximum atomic E-state index is 12.4. The third-order valence-corrected chi connectivity index (χ3v) is 3.80. The molecule has 3 rings (SSSR count). The number of anilines is 1. The average Bonchev–Trinajstić information content (AvgIpc) is 2.68. The van der Waals surface area contributed by atoms with Gasteiger partial charge in [0.2, 0.25) is 5.88 Å². The van der Waals surface area contributed by atoms with E-state index in [0.29, 0.717) is 29.3 Å². The van der Waals surface area contributed by atoms with Gasteiger partial charge in [0.1, 0.15) is 5.75 Å². The van der Waals surface area contributed by atoms with Crippen LogP contribution < -0.4 is 10.1 Å². The van der Waals surface area contributed by atoms with Crippen molar-refractivity contribution in [1.82, 2.24) is 4.98 Å². The summed E-state index contributed by atoms with van der Waals surface area (Å²) >= 11 is 0. The van der Waals surface area contributed by atoms with Gasteiger partial charge in [0.25, 0.3) is 5.91 Å². The summed E-state index contributed by atoms with van der Waals surface area (Å²) in [6, 6.07) is 19.5. The van der Waals surface area contributed by atoms with Crippen LogP contribution >= 0.6 is 0 Å². The Labute approximate surface area is 156 Å². The van der Waals surface area contributed by atoms with Gasteiger partial charge in [-0.05, 0) is 42.3 Å². The Bertz CT molecular complexity index is 924. The van der Waals surface area contributed by atoms with E-state index in [4.69, 9.17) is 9.84 Å². The van der Waals surface area contributed by atoms with Crippen molar-refractivity contribution in [2.75, 3.05) is 5.32 Å². The molecule has 0 fully saturated rings. The Hall–Kier alpha value is -3.67. The molecule has 0 saturated heterocycles. The van der Waals surface area contributed by atoms with Gasteiger partial charge in [0.05, 0.1) is 0 Å². The Kier molecular flexibility index (Phi) is 5.79. The quantitative estimate of drug-likeness (QED) is 0.659. The molecular weight excluding hydrogens is 344 g/mol. The van der Waals surface area contributed by atoms with Crippen molar-refractivity contribution in [3.8, 4) is 11.6 Å². The first-order valence-corrected chi connectivity index (χ1v) is 8.41. The molecule has 27 heavy (non-hydrogen) atoms. The SMILES string of the molecule is O=C(O)CCc1ccc(NC(=O)c2ccnc(Oc3ccccc3)c2)cc1. The highest BCUT2D eigenvalue weighted by atomic mass is 16.5. The number of amides is 1. The number of para-hydroxylation sites is 1. The standard InChI is InChI=1S/C21H18N2O4/c24-20(25)11-8-15-6-9-17(10-7-15)23-21(26)16-12-13-22-19(14-16)27-18-4-2-1-3-5-18/h1-7,9-10,12-14H,8,11H2,(H,23,26)(H,24,25). The number of carbonyl (C=O) groups excluding carboxylic acids is 1. The molecule has 1 aromatic heterocycles. The Balaban J connectivity index is 1.64. The molecule has 1 amide bonds. The summed E-state index contributed by atoms with van der Waals surface area (Å²) in [6.45, 7) is 0. The van der Waals surface area contributed by atoms with E-state index in [1.807, 2.05) is 18.2 Å². The molecule has 1 heterocycles. The van der Waals surface area contributed by atoms with E-state index >= 15 is 0 Å². The molecule has 0 saturated carbocycles.